The lowest BCUT2D eigenvalue weighted by Crippen LogP contribution is -2.38. The third-order valence-electron chi connectivity index (χ3n) is 3.29. The average Bonchev–Trinajstić information content (AvgIpc) is 2.28. The predicted octanol–water partition coefficient (Wildman–Crippen LogP) is 2.55. The summed E-state index contributed by atoms with van der Waals surface area (Å²) in [5.41, 5.74) is 1.12. The Kier molecular flexibility index (Phi) is 4.91. The molecule has 0 heterocycles. The molecule has 2 nitrogen and oxygen atoms in total. The highest BCUT2D eigenvalue weighted by atomic mass is 16.3. The second-order valence-corrected chi connectivity index (χ2v) is 4.92. The standard InChI is InChI=1S/C15H22O2/c1-12(2)14(11-16)15(3,17)10-9-13-7-5-4-6-8-13/h4-8,14,16-17H,1,9-11H2,2-3H3/t14-,15+/m0/s1. The normalized spacial score (nSPS) is 16.2. The molecule has 0 aromatic heterocycles. The molecule has 0 saturated heterocycles. The van der Waals surface area contributed by atoms with E-state index < -0.39 is 5.60 Å². The van der Waals surface area contributed by atoms with Crippen molar-refractivity contribution in [1.82, 2.24) is 0 Å². The van der Waals surface area contributed by atoms with Gasteiger partial charge in [-0.15, -0.1) is 0 Å². The van der Waals surface area contributed by atoms with Crippen molar-refractivity contribution < 1.29 is 10.2 Å². The maximum atomic E-state index is 10.4. The van der Waals surface area contributed by atoms with Gasteiger partial charge in [0, 0.05) is 5.92 Å². The summed E-state index contributed by atoms with van der Waals surface area (Å²) in [5, 5.41) is 19.7. The van der Waals surface area contributed by atoms with E-state index in [0.717, 1.165) is 12.0 Å². The van der Waals surface area contributed by atoms with Crippen LogP contribution in [-0.2, 0) is 6.42 Å². The van der Waals surface area contributed by atoms with E-state index in [9.17, 15) is 10.2 Å². The van der Waals surface area contributed by atoms with Crippen LogP contribution >= 0.6 is 0 Å². The molecule has 0 amide bonds. The molecule has 0 radical (unpaired) electrons. The second kappa shape index (κ2) is 5.99. The van der Waals surface area contributed by atoms with Crippen molar-refractivity contribution in [2.45, 2.75) is 32.3 Å². The number of hydrogen-bond donors (Lipinski definition) is 2. The predicted molar refractivity (Wildman–Crippen MR) is 70.8 cm³/mol. The van der Waals surface area contributed by atoms with Crippen molar-refractivity contribution in [3.63, 3.8) is 0 Å². The zero-order chi connectivity index (χ0) is 12.9. The Labute approximate surface area is 104 Å². The Bertz CT molecular complexity index is 354. The van der Waals surface area contributed by atoms with Gasteiger partial charge in [0.1, 0.15) is 0 Å². The van der Waals surface area contributed by atoms with Crippen LogP contribution in [0.2, 0.25) is 0 Å². The number of benzene rings is 1. The maximum absolute atomic E-state index is 10.4. The highest BCUT2D eigenvalue weighted by Crippen LogP contribution is 2.27. The van der Waals surface area contributed by atoms with Gasteiger partial charge in [0.2, 0.25) is 0 Å². The number of aliphatic hydroxyl groups excluding tert-OH is 1. The largest absolute Gasteiger partial charge is 0.396 e. The van der Waals surface area contributed by atoms with Crippen LogP contribution < -0.4 is 0 Å². The van der Waals surface area contributed by atoms with Crippen LogP contribution in [0.3, 0.4) is 0 Å². The molecule has 2 atom stereocenters. The van der Waals surface area contributed by atoms with E-state index in [1.165, 1.54) is 5.56 Å². The molecule has 1 aromatic carbocycles. The Morgan fingerprint density at radius 2 is 1.94 bits per heavy atom. The average molecular weight is 234 g/mol. The summed E-state index contributed by atoms with van der Waals surface area (Å²) in [6, 6.07) is 10.1. The number of hydrogen-bond acceptors (Lipinski definition) is 2. The molecule has 1 aromatic rings. The topological polar surface area (TPSA) is 40.5 Å². The summed E-state index contributed by atoms with van der Waals surface area (Å²) in [6.07, 6.45) is 1.42. The first-order valence-electron chi connectivity index (χ1n) is 6.00. The van der Waals surface area contributed by atoms with E-state index in [1.54, 1.807) is 6.92 Å². The van der Waals surface area contributed by atoms with Gasteiger partial charge in [-0.2, -0.15) is 0 Å². The van der Waals surface area contributed by atoms with Gasteiger partial charge in [0.25, 0.3) is 0 Å². The van der Waals surface area contributed by atoms with E-state index in [2.05, 4.69) is 6.58 Å². The zero-order valence-corrected chi connectivity index (χ0v) is 10.7. The van der Waals surface area contributed by atoms with Crippen LogP contribution in [0.4, 0.5) is 0 Å². The highest BCUT2D eigenvalue weighted by molar-refractivity contribution is 5.15. The first kappa shape index (κ1) is 13.9. The maximum Gasteiger partial charge on any atom is 0.0709 e. The number of aryl methyl sites for hydroxylation is 1. The quantitative estimate of drug-likeness (QED) is 0.743. The Hall–Kier alpha value is -1.12. The molecule has 0 aliphatic carbocycles. The molecule has 0 spiro atoms. The number of aliphatic hydroxyl groups is 2. The molecule has 2 N–H and O–H groups in total. The minimum Gasteiger partial charge on any atom is -0.396 e. The smallest absolute Gasteiger partial charge is 0.0709 e. The fourth-order valence-electron chi connectivity index (χ4n) is 2.10. The fraction of sp³-hybridized carbons (Fsp3) is 0.467. The second-order valence-electron chi connectivity index (χ2n) is 4.92. The molecule has 0 aliphatic rings. The van der Waals surface area contributed by atoms with Crippen LogP contribution in [0.5, 0.6) is 0 Å². The first-order valence-corrected chi connectivity index (χ1v) is 6.00. The van der Waals surface area contributed by atoms with Crippen LogP contribution in [0.1, 0.15) is 25.8 Å². The van der Waals surface area contributed by atoms with Gasteiger partial charge in [-0.05, 0) is 32.3 Å². The molecular weight excluding hydrogens is 212 g/mol. The molecule has 94 valence electrons. The van der Waals surface area contributed by atoms with Crippen LogP contribution in [0.25, 0.3) is 0 Å². The Balaban J connectivity index is 2.63. The summed E-state index contributed by atoms with van der Waals surface area (Å²) >= 11 is 0. The molecule has 0 aliphatic heterocycles. The Morgan fingerprint density at radius 3 is 2.41 bits per heavy atom. The lowest BCUT2D eigenvalue weighted by atomic mass is 9.81. The van der Waals surface area contributed by atoms with E-state index in [-0.39, 0.29) is 12.5 Å². The minimum atomic E-state index is -0.906. The molecule has 0 saturated carbocycles. The first-order chi connectivity index (χ1) is 7.97. The summed E-state index contributed by atoms with van der Waals surface area (Å²) < 4.78 is 0. The minimum absolute atomic E-state index is 0.0584. The van der Waals surface area contributed by atoms with Crippen molar-refractivity contribution >= 4 is 0 Å². The third kappa shape index (κ3) is 3.99. The molecule has 2 heteroatoms. The SMILES string of the molecule is C=C(C)[C@H](CO)[C@](C)(O)CCc1ccccc1. The van der Waals surface area contributed by atoms with E-state index in [1.807, 2.05) is 37.3 Å². The molecule has 17 heavy (non-hydrogen) atoms. The van der Waals surface area contributed by atoms with E-state index >= 15 is 0 Å². The van der Waals surface area contributed by atoms with E-state index in [4.69, 9.17) is 0 Å². The van der Waals surface area contributed by atoms with Gasteiger partial charge in [-0.3, -0.25) is 0 Å². The summed E-state index contributed by atoms with van der Waals surface area (Å²) in [4.78, 5) is 0. The monoisotopic (exact) mass is 234 g/mol. The van der Waals surface area contributed by atoms with Gasteiger partial charge in [-0.1, -0.05) is 42.5 Å². The zero-order valence-electron chi connectivity index (χ0n) is 10.7. The van der Waals surface area contributed by atoms with Crippen LogP contribution in [0.15, 0.2) is 42.5 Å². The highest BCUT2D eigenvalue weighted by Gasteiger charge is 2.31. The summed E-state index contributed by atoms with van der Waals surface area (Å²) in [7, 11) is 0. The summed E-state index contributed by atoms with van der Waals surface area (Å²) in [5.74, 6) is -0.258. The lowest BCUT2D eigenvalue weighted by Gasteiger charge is -2.32. The van der Waals surface area contributed by atoms with Gasteiger partial charge in [0.15, 0.2) is 0 Å². The molecule has 0 bridgehead atoms. The van der Waals surface area contributed by atoms with Crippen molar-refractivity contribution in [3.05, 3.63) is 48.0 Å². The van der Waals surface area contributed by atoms with Crippen LogP contribution in [-0.4, -0.2) is 22.4 Å². The fourth-order valence-corrected chi connectivity index (χ4v) is 2.10. The molecule has 1 rings (SSSR count). The molecule has 0 fully saturated rings. The van der Waals surface area contributed by atoms with Crippen molar-refractivity contribution in [2.75, 3.05) is 6.61 Å². The summed E-state index contributed by atoms with van der Waals surface area (Å²) in [6.45, 7) is 7.38. The van der Waals surface area contributed by atoms with Gasteiger partial charge >= 0.3 is 0 Å². The third-order valence-corrected chi connectivity index (χ3v) is 3.29. The van der Waals surface area contributed by atoms with Crippen molar-refractivity contribution in [1.29, 1.82) is 0 Å². The molecule has 0 unspecified atom stereocenters. The van der Waals surface area contributed by atoms with Gasteiger partial charge in [-0.25, -0.2) is 0 Å². The number of rotatable bonds is 6. The van der Waals surface area contributed by atoms with E-state index in [0.29, 0.717) is 6.42 Å². The van der Waals surface area contributed by atoms with Crippen molar-refractivity contribution in [2.24, 2.45) is 5.92 Å². The lowest BCUT2D eigenvalue weighted by molar-refractivity contribution is -0.0148. The van der Waals surface area contributed by atoms with Crippen LogP contribution in [0, 0.1) is 5.92 Å². The van der Waals surface area contributed by atoms with Crippen molar-refractivity contribution in [3.8, 4) is 0 Å². The Morgan fingerprint density at radius 1 is 1.35 bits per heavy atom. The molecular formula is C15H22O2. The van der Waals surface area contributed by atoms with Gasteiger partial charge in [0.05, 0.1) is 12.2 Å². The van der Waals surface area contributed by atoms with Gasteiger partial charge < -0.3 is 10.2 Å².